The molecule has 0 aromatic rings. The number of allylic oxidation sites excluding steroid dienone is 1. The van der Waals surface area contributed by atoms with Crippen molar-refractivity contribution in [2.75, 3.05) is 0 Å². The molecule has 0 radical (unpaired) electrons. The summed E-state index contributed by atoms with van der Waals surface area (Å²) in [4.78, 5) is 14.0. The number of rotatable bonds is 2. The number of hydrogen-bond acceptors (Lipinski definition) is 3. The maximum Gasteiger partial charge on any atom is 0.309 e. The Kier molecular flexibility index (Phi) is 2.43. The summed E-state index contributed by atoms with van der Waals surface area (Å²) in [6.45, 7) is 0. The lowest BCUT2D eigenvalue weighted by molar-refractivity contribution is -0.136. The third-order valence-corrected chi connectivity index (χ3v) is 1.13. The van der Waals surface area contributed by atoms with Gasteiger partial charge in [0.05, 0.1) is 6.42 Å². The molecule has 58 valence electrons. The van der Waals surface area contributed by atoms with E-state index in [1.807, 2.05) is 0 Å². The Hall–Kier alpha value is -1.58. The van der Waals surface area contributed by atoms with Gasteiger partial charge in [-0.1, -0.05) is 0 Å². The van der Waals surface area contributed by atoms with E-state index in [0.717, 1.165) is 0 Å². The number of carboxylic acids is 1. The Morgan fingerprint density at radius 2 is 2.55 bits per heavy atom. The fraction of sp³-hybridized carbons (Fsp3) is 0.143. The zero-order chi connectivity index (χ0) is 8.10. The highest BCUT2D eigenvalue weighted by Gasteiger charge is 2.01. The molecule has 11 heavy (non-hydrogen) atoms. The minimum absolute atomic E-state index is 0.00361. The Labute approximate surface area is 63.9 Å². The van der Waals surface area contributed by atoms with Crippen LogP contribution in [0.4, 0.5) is 0 Å². The van der Waals surface area contributed by atoms with Gasteiger partial charge < -0.3 is 10.4 Å². The van der Waals surface area contributed by atoms with Crippen LogP contribution in [0, 0.1) is 0 Å². The fourth-order valence-electron chi connectivity index (χ4n) is 0.691. The van der Waals surface area contributed by atoms with E-state index in [4.69, 9.17) is 5.11 Å². The number of hydrogen-bond donors (Lipinski definition) is 2. The largest absolute Gasteiger partial charge is 0.481 e. The van der Waals surface area contributed by atoms with E-state index < -0.39 is 5.97 Å². The predicted octanol–water partition coefficient (Wildman–Crippen LogP) is 0.490. The van der Waals surface area contributed by atoms with Gasteiger partial charge in [-0.15, -0.1) is 0 Å². The molecule has 0 saturated heterocycles. The summed E-state index contributed by atoms with van der Waals surface area (Å²) in [7, 11) is 0. The summed E-state index contributed by atoms with van der Waals surface area (Å²) in [6.07, 6.45) is 6.34. The molecule has 0 unspecified atom stereocenters. The van der Waals surface area contributed by atoms with Crippen molar-refractivity contribution in [2.45, 2.75) is 6.42 Å². The fourth-order valence-corrected chi connectivity index (χ4v) is 0.691. The molecule has 0 aliphatic carbocycles. The van der Waals surface area contributed by atoms with Crippen LogP contribution in [0.1, 0.15) is 6.42 Å². The van der Waals surface area contributed by atoms with E-state index in [0.29, 0.717) is 5.70 Å². The van der Waals surface area contributed by atoms with Crippen molar-refractivity contribution in [3.8, 4) is 0 Å². The molecule has 0 atom stereocenters. The second-order valence-electron chi connectivity index (χ2n) is 2.02. The maximum atomic E-state index is 10.2. The Bertz CT molecular complexity index is 241. The number of aliphatic imine (C=N–C) groups is 1. The minimum atomic E-state index is -0.854. The van der Waals surface area contributed by atoms with E-state index in [1.54, 1.807) is 24.7 Å². The standard InChI is InChI=1S/C7H8N2O2/c10-7(11)5-6-1-2-8-3-4-9-6/h1-4,9H,5H2,(H,10,11). The first-order valence-corrected chi connectivity index (χ1v) is 3.15. The molecule has 0 fully saturated rings. The van der Waals surface area contributed by atoms with Gasteiger partial charge in [0.2, 0.25) is 0 Å². The van der Waals surface area contributed by atoms with E-state index in [-0.39, 0.29) is 6.42 Å². The van der Waals surface area contributed by atoms with E-state index in [9.17, 15) is 4.79 Å². The third kappa shape index (κ3) is 2.66. The lowest BCUT2D eigenvalue weighted by atomic mass is 10.3. The number of nitrogens with zero attached hydrogens (tertiary/aromatic N) is 1. The van der Waals surface area contributed by atoms with E-state index in [1.165, 1.54) is 0 Å². The Balaban J connectivity index is 2.57. The Morgan fingerprint density at radius 1 is 1.73 bits per heavy atom. The van der Waals surface area contributed by atoms with Crippen LogP contribution in [0.15, 0.2) is 29.2 Å². The van der Waals surface area contributed by atoms with Crippen molar-refractivity contribution < 1.29 is 9.90 Å². The first-order valence-electron chi connectivity index (χ1n) is 3.15. The van der Waals surface area contributed by atoms with Crippen LogP contribution < -0.4 is 5.32 Å². The molecule has 2 N–H and O–H groups in total. The molecule has 0 amide bonds. The lowest BCUT2D eigenvalue weighted by Crippen LogP contribution is -2.09. The van der Waals surface area contributed by atoms with Gasteiger partial charge in [-0.3, -0.25) is 9.79 Å². The monoisotopic (exact) mass is 152 g/mol. The average Bonchev–Trinajstić information content (AvgIpc) is 2.14. The molecule has 0 spiro atoms. The van der Waals surface area contributed by atoms with Crippen molar-refractivity contribution >= 4 is 12.2 Å². The van der Waals surface area contributed by atoms with Gasteiger partial charge >= 0.3 is 5.97 Å². The molecule has 0 bridgehead atoms. The zero-order valence-electron chi connectivity index (χ0n) is 5.82. The zero-order valence-corrected chi connectivity index (χ0v) is 5.82. The molecule has 1 aliphatic heterocycles. The van der Waals surface area contributed by atoms with E-state index >= 15 is 0 Å². The molecule has 0 saturated carbocycles. The van der Waals surface area contributed by atoms with Gasteiger partial charge in [0.15, 0.2) is 0 Å². The maximum absolute atomic E-state index is 10.2. The van der Waals surface area contributed by atoms with Crippen LogP contribution in [0.3, 0.4) is 0 Å². The van der Waals surface area contributed by atoms with Crippen molar-refractivity contribution in [3.63, 3.8) is 0 Å². The van der Waals surface area contributed by atoms with Crippen molar-refractivity contribution in [1.29, 1.82) is 0 Å². The van der Waals surface area contributed by atoms with Crippen molar-refractivity contribution in [1.82, 2.24) is 5.32 Å². The van der Waals surface area contributed by atoms with Crippen LogP contribution in [0.2, 0.25) is 0 Å². The van der Waals surface area contributed by atoms with Gasteiger partial charge in [0.1, 0.15) is 0 Å². The van der Waals surface area contributed by atoms with Gasteiger partial charge in [-0.25, -0.2) is 0 Å². The summed E-state index contributed by atoms with van der Waals surface area (Å²) >= 11 is 0. The van der Waals surface area contributed by atoms with Gasteiger partial charge in [0.25, 0.3) is 0 Å². The molecule has 4 heteroatoms. The molecular weight excluding hydrogens is 144 g/mol. The van der Waals surface area contributed by atoms with E-state index in [2.05, 4.69) is 10.3 Å². The Morgan fingerprint density at radius 3 is 3.27 bits per heavy atom. The molecule has 0 aromatic carbocycles. The third-order valence-electron chi connectivity index (χ3n) is 1.13. The average molecular weight is 152 g/mol. The second-order valence-corrected chi connectivity index (χ2v) is 2.02. The van der Waals surface area contributed by atoms with Crippen molar-refractivity contribution in [3.05, 3.63) is 24.2 Å². The summed E-state index contributed by atoms with van der Waals surface area (Å²) in [5, 5.41) is 11.2. The number of carbonyl (C=O) groups is 1. The van der Waals surface area contributed by atoms with Gasteiger partial charge in [-0.2, -0.15) is 0 Å². The number of carboxylic acid groups (broad SMARTS) is 1. The van der Waals surface area contributed by atoms with Crippen LogP contribution >= 0.6 is 0 Å². The molecule has 0 aromatic heterocycles. The normalized spacial score (nSPS) is 15.1. The number of aliphatic carboxylic acids is 1. The first-order chi connectivity index (χ1) is 5.29. The quantitative estimate of drug-likeness (QED) is 0.605. The second kappa shape index (κ2) is 3.55. The minimum Gasteiger partial charge on any atom is -0.481 e. The molecular formula is C7H8N2O2. The highest BCUT2D eigenvalue weighted by molar-refractivity contribution is 5.77. The summed E-state index contributed by atoms with van der Waals surface area (Å²) in [5.74, 6) is -0.854. The van der Waals surface area contributed by atoms with Crippen LogP contribution in [-0.2, 0) is 4.79 Å². The van der Waals surface area contributed by atoms with Crippen molar-refractivity contribution in [2.24, 2.45) is 4.99 Å². The summed E-state index contributed by atoms with van der Waals surface area (Å²) in [5.41, 5.74) is 0.634. The van der Waals surface area contributed by atoms with Crippen LogP contribution in [0.5, 0.6) is 0 Å². The smallest absolute Gasteiger partial charge is 0.309 e. The van der Waals surface area contributed by atoms with Gasteiger partial charge in [0, 0.05) is 24.3 Å². The molecule has 1 aliphatic rings. The van der Waals surface area contributed by atoms with Crippen LogP contribution in [0.25, 0.3) is 0 Å². The SMILES string of the molecule is O=C(O)CC1=CC=NC=CN1. The predicted molar refractivity (Wildman–Crippen MR) is 41.1 cm³/mol. The summed E-state index contributed by atoms with van der Waals surface area (Å²) in [6, 6.07) is 0. The van der Waals surface area contributed by atoms with Gasteiger partial charge in [-0.05, 0) is 6.08 Å². The topological polar surface area (TPSA) is 61.7 Å². The highest BCUT2D eigenvalue weighted by atomic mass is 16.4. The summed E-state index contributed by atoms with van der Waals surface area (Å²) < 4.78 is 0. The first kappa shape index (κ1) is 7.53. The number of nitrogens with one attached hydrogen (secondary N) is 1. The van der Waals surface area contributed by atoms with Crippen LogP contribution in [-0.4, -0.2) is 17.3 Å². The highest BCUT2D eigenvalue weighted by Crippen LogP contribution is 1.97. The molecule has 4 nitrogen and oxygen atoms in total. The molecule has 1 rings (SSSR count). The molecule has 1 heterocycles. The lowest BCUT2D eigenvalue weighted by Gasteiger charge is -1.99.